The van der Waals surface area contributed by atoms with E-state index in [1.807, 2.05) is 79.0 Å². The van der Waals surface area contributed by atoms with Gasteiger partial charge >= 0.3 is 0 Å². The smallest absolute Gasteiger partial charge is 0.271 e. The molecule has 5 rings (SSSR count). The third-order valence-electron chi connectivity index (χ3n) is 6.17. The summed E-state index contributed by atoms with van der Waals surface area (Å²) >= 11 is 7.45. The number of amides is 1. The van der Waals surface area contributed by atoms with Crippen molar-refractivity contribution in [2.24, 2.45) is 5.10 Å². The Labute approximate surface area is 253 Å². The molecule has 0 atom stereocenters. The molecule has 7 nitrogen and oxygen atoms in total. The van der Waals surface area contributed by atoms with Crippen molar-refractivity contribution in [1.29, 1.82) is 0 Å². The molecule has 0 aliphatic rings. The summed E-state index contributed by atoms with van der Waals surface area (Å²) in [5, 5.41) is 10.8. The number of thiazole rings is 1. The van der Waals surface area contributed by atoms with Gasteiger partial charge in [0.15, 0.2) is 16.6 Å². The van der Waals surface area contributed by atoms with Gasteiger partial charge in [0.2, 0.25) is 0 Å². The van der Waals surface area contributed by atoms with E-state index in [0.29, 0.717) is 35.3 Å². The molecule has 0 saturated carbocycles. The fourth-order valence-electron chi connectivity index (χ4n) is 4.10. The maximum absolute atomic E-state index is 12.7. The molecule has 1 heterocycles. The number of aryl methyl sites for hydroxylation is 1. The van der Waals surface area contributed by atoms with E-state index in [1.54, 1.807) is 18.3 Å². The molecule has 9 heteroatoms. The third kappa shape index (κ3) is 7.75. The minimum atomic E-state index is -0.315. The van der Waals surface area contributed by atoms with Crippen molar-refractivity contribution in [3.05, 3.63) is 124 Å². The summed E-state index contributed by atoms with van der Waals surface area (Å²) in [7, 11) is 0. The summed E-state index contributed by atoms with van der Waals surface area (Å²) < 4.78 is 11.8. The predicted molar refractivity (Wildman–Crippen MR) is 170 cm³/mol. The molecular weight excluding hydrogens is 568 g/mol. The molecule has 0 fully saturated rings. The lowest BCUT2D eigenvalue weighted by Crippen LogP contribution is -2.17. The first-order valence-electron chi connectivity index (χ1n) is 13.3. The molecule has 0 spiro atoms. The van der Waals surface area contributed by atoms with E-state index in [4.69, 9.17) is 21.1 Å². The van der Waals surface area contributed by atoms with Crippen molar-refractivity contribution in [3.8, 4) is 22.8 Å². The Balaban J connectivity index is 1.17. The molecular formula is C33H29ClN4O3S. The van der Waals surface area contributed by atoms with Gasteiger partial charge in [-0.15, -0.1) is 11.3 Å². The van der Waals surface area contributed by atoms with Crippen LogP contribution in [0, 0.1) is 6.92 Å². The molecule has 4 aromatic carbocycles. The van der Waals surface area contributed by atoms with Crippen LogP contribution in [-0.2, 0) is 6.61 Å². The summed E-state index contributed by atoms with van der Waals surface area (Å²) in [4.78, 5) is 17.3. The van der Waals surface area contributed by atoms with Gasteiger partial charge in [0, 0.05) is 27.2 Å². The van der Waals surface area contributed by atoms with Crippen molar-refractivity contribution in [1.82, 2.24) is 10.4 Å². The molecule has 0 unspecified atom stereocenters. The Hall–Kier alpha value is -4.66. The molecule has 0 aliphatic carbocycles. The molecule has 0 saturated heterocycles. The molecule has 2 N–H and O–H groups in total. The highest BCUT2D eigenvalue weighted by atomic mass is 35.5. The lowest BCUT2D eigenvalue weighted by molar-refractivity contribution is 0.0955. The molecule has 212 valence electrons. The van der Waals surface area contributed by atoms with Crippen molar-refractivity contribution < 1.29 is 14.3 Å². The number of ether oxygens (including phenoxy) is 2. The van der Waals surface area contributed by atoms with Crippen LogP contribution in [0.15, 0.2) is 101 Å². The van der Waals surface area contributed by atoms with E-state index in [1.165, 1.54) is 16.9 Å². The van der Waals surface area contributed by atoms with Gasteiger partial charge in [-0.25, -0.2) is 10.4 Å². The zero-order valence-corrected chi connectivity index (χ0v) is 24.7. The van der Waals surface area contributed by atoms with E-state index >= 15 is 0 Å². The Morgan fingerprint density at radius 1 is 0.976 bits per heavy atom. The summed E-state index contributed by atoms with van der Waals surface area (Å²) in [6.45, 7) is 4.91. The first kappa shape index (κ1) is 28.9. The predicted octanol–water partition coefficient (Wildman–Crippen LogP) is 8.26. The van der Waals surface area contributed by atoms with Gasteiger partial charge in [-0.05, 0) is 79.6 Å². The van der Waals surface area contributed by atoms with Gasteiger partial charge in [0.25, 0.3) is 5.91 Å². The van der Waals surface area contributed by atoms with Gasteiger partial charge in [-0.3, -0.25) is 4.79 Å². The Morgan fingerprint density at radius 3 is 2.55 bits per heavy atom. The zero-order chi connectivity index (χ0) is 29.3. The number of anilines is 2. The number of carbonyl (C=O) groups excluding carboxylic acids is 1. The highest BCUT2D eigenvalue weighted by molar-refractivity contribution is 7.14. The van der Waals surface area contributed by atoms with Crippen LogP contribution in [0.4, 0.5) is 10.8 Å². The molecule has 1 amide bonds. The molecule has 1 aromatic heterocycles. The highest BCUT2D eigenvalue weighted by Crippen LogP contribution is 2.30. The van der Waals surface area contributed by atoms with Crippen molar-refractivity contribution in [2.75, 3.05) is 11.9 Å². The molecule has 5 aromatic rings. The van der Waals surface area contributed by atoms with Gasteiger partial charge in [0.05, 0.1) is 18.5 Å². The number of hydrogen-bond donors (Lipinski definition) is 2. The fourth-order valence-corrected chi connectivity index (χ4v) is 4.96. The minimum Gasteiger partial charge on any atom is -0.490 e. The quantitative estimate of drug-likeness (QED) is 0.118. The number of hydrazone groups is 1. The standard InChI is InChI=1S/C33H29ClN4O3S/c1-3-40-31-18-23(7-16-30(31)41-20-24-6-4-5-22(2)17-24)19-35-38-32(39)26-10-8-25(9-11-26)29-21-42-33(37-29)36-28-14-12-27(34)13-15-28/h4-19,21H,3,20H2,1-2H3,(H,36,37)(H,38,39)/b35-19-. The second-order valence-corrected chi connectivity index (χ2v) is 10.7. The summed E-state index contributed by atoms with van der Waals surface area (Å²) in [6, 6.07) is 28.4. The van der Waals surface area contributed by atoms with Gasteiger partial charge < -0.3 is 14.8 Å². The maximum atomic E-state index is 12.7. The number of carbonyl (C=O) groups is 1. The number of rotatable bonds is 11. The number of hydrogen-bond acceptors (Lipinski definition) is 7. The van der Waals surface area contributed by atoms with Crippen LogP contribution in [0.5, 0.6) is 11.5 Å². The number of benzene rings is 4. The lowest BCUT2D eigenvalue weighted by Gasteiger charge is -2.13. The maximum Gasteiger partial charge on any atom is 0.271 e. The lowest BCUT2D eigenvalue weighted by atomic mass is 10.1. The van der Waals surface area contributed by atoms with Gasteiger partial charge in [-0.2, -0.15) is 5.10 Å². The van der Waals surface area contributed by atoms with Crippen LogP contribution in [-0.4, -0.2) is 23.7 Å². The van der Waals surface area contributed by atoms with E-state index in [9.17, 15) is 4.79 Å². The summed E-state index contributed by atoms with van der Waals surface area (Å²) in [6.07, 6.45) is 1.57. The van der Waals surface area contributed by atoms with Crippen LogP contribution < -0.4 is 20.2 Å². The van der Waals surface area contributed by atoms with Crippen molar-refractivity contribution in [3.63, 3.8) is 0 Å². The number of nitrogens with one attached hydrogen (secondary N) is 2. The Kier molecular flexibility index (Phi) is 9.48. The number of nitrogens with zero attached hydrogens (tertiary/aromatic N) is 2. The van der Waals surface area contributed by atoms with E-state index in [-0.39, 0.29) is 5.91 Å². The van der Waals surface area contributed by atoms with Crippen LogP contribution >= 0.6 is 22.9 Å². The normalized spacial score (nSPS) is 10.9. The monoisotopic (exact) mass is 596 g/mol. The zero-order valence-electron chi connectivity index (χ0n) is 23.1. The number of aromatic nitrogens is 1. The topological polar surface area (TPSA) is 84.8 Å². The average Bonchev–Trinajstić information content (AvgIpc) is 3.46. The Morgan fingerprint density at radius 2 is 1.79 bits per heavy atom. The van der Waals surface area contributed by atoms with Crippen LogP contribution in [0.3, 0.4) is 0 Å². The van der Waals surface area contributed by atoms with Gasteiger partial charge in [0.1, 0.15) is 6.61 Å². The van der Waals surface area contributed by atoms with E-state index in [0.717, 1.165) is 33.2 Å². The SMILES string of the molecule is CCOc1cc(/C=N\NC(=O)c2ccc(-c3csc(Nc4ccc(Cl)cc4)n3)cc2)ccc1OCc1cccc(C)c1. The summed E-state index contributed by atoms with van der Waals surface area (Å²) in [5.41, 5.74) is 8.74. The molecule has 0 aliphatic heterocycles. The van der Waals surface area contributed by atoms with Crippen LogP contribution in [0.2, 0.25) is 5.02 Å². The first-order valence-corrected chi connectivity index (χ1v) is 14.6. The third-order valence-corrected chi connectivity index (χ3v) is 7.18. The van der Waals surface area contributed by atoms with Crippen LogP contribution in [0.1, 0.15) is 34.0 Å². The van der Waals surface area contributed by atoms with E-state index in [2.05, 4.69) is 39.9 Å². The van der Waals surface area contributed by atoms with Gasteiger partial charge in [-0.1, -0.05) is 53.6 Å². The fraction of sp³-hybridized carbons (Fsp3) is 0.121. The first-order chi connectivity index (χ1) is 20.5. The van der Waals surface area contributed by atoms with Crippen LogP contribution in [0.25, 0.3) is 11.3 Å². The molecule has 0 bridgehead atoms. The summed E-state index contributed by atoms with van der Waals surface area (Å²) in [5.74, 6) is 0.946. The molecule has 42 heavy (non-hydrogen) atoms. The molecule has 0 radical (unpaired) electrons. The van der Waals surface area contributed by atoms with E-state index < -0.39 is 0 Å². The minimum absolute atomic E-state index is 0.315. The van der Waals surface area contributed by atoms with Crippen molar-refractivity contribution >= 4 is 45.9 Å². The highest BCUT2D eigenvalue weighted by Gasteiger charge is 2.10. The number of halogens is 1. The second kappa shape index (κ2) is 13.8. The second-order valence-electron chi connectivity index (χ2n) is 9.36. The average molecular weight is 597 g/mol. The largest absolute Gasteiger partial charge is 0.490 e. The van der Waals surface area contributed by atoms with Crippen molar-refractivity contribution in [2.45, 2.75) is 20.5 Å². The Bertz CT molecular complexity index is 1680.